The first-order chi connectivity index (χ1) is 8.56. The number of phenols is 1. The molecule has 1 aromatic carbocycles. The average molecular weight is 250 g/mol. The van der Waals surface area contributed by atoms with Crippen LogP contribution in [0.4, 0.5) is 0 Å². The van der Waals surface area contributed by atoms with Crippen LogP contribution in [0.3, 0.4) is 0 Å². The molecule has 1 aliphatic heterocycles. The quantitative estimate of drug-likeness (QED) is 0.710. The van der Waals surface area contributed by atoms with Gasteiger partial charge in [-0.1, -0.05) is 12.1 Å². The third-order valence-electron chi connectivity index (χ3n) is 3.14. The highest BCUT2D eigenvalue weighted by Gasteiger charge is 2.29. The zero-order valence-electron chi connectivity index (χ0n) is 10.3. The van der Waals surface area contributed by atoms with Crippen LogP contribution in [0.2, 0.25) is 0 Å². The van der Waals surface area contributed by atoms with E-state index in [1.54, 1.807) is 36.2 Å². The maximum atomic E-state index is 12.1. The molecule has 5 heteroatoms. The van der Waals surface area contributed by atoms with E-state index in [1.165, 1.54) is 0 Å². The fraction of sp³-hybridized carbons (Fsp3) is 0.462. The second-order valence-corrected chi connectivity index (χ2v) is 4.71. The van der Waals surface area contributed by atoms with E-state index in [9.17, 15) is 15.0 Å². The number of benzene rings is 1. The lowest BCUT2D eigenvalue weighted by molar-refractivity contribution is -0.132. The summed E-state index contributed by atoms with van der Waals surface area (Å²) >= 11 is 0. The number of amides is 1. The number of likely N-dealkylation sites (N-methyl/N-ethyl adjacent to an activating group) is 1. The Balaban J connectivity index is 1.93. The van der Waals surface area contributed by atoms with Gasteiger partial charge in [0.15, 0.2) is 0 Å². The molecule has 0 radical (unpaired) electrons. The van der Waals surface area contributed by atoms with Crippen LogP contribution in [0.1, 0.15) is 12.0 Å². The van der Waals surface area contributed by atoms with Crippen LogP contribution in [-0.2, 0) is 11.3 Å². The number of rotatable bonds is 3. The second-order valence-electron chi connectivity index (χ2n) is 4.71. The van der Waals surface area contributed by atoms with Crippen LogP contribution in [0.5, 0.6) is 5.75 Å². The number of nitrogens with zero attached hydrogens (tertiary/aromatic N) is 1. The van der Waals surface area contributed by atoms with Crippen molar-refractivity contribution in [1.82, 2.24) is 10.2 Å². The van der Waals surface area contributed by atoms with E-state index in [-0.39, 0.29) is 17.7 Å². The van der Waals surface area contributed by atoms with Gasteiger partial charge in [0.25, 0.3) is 0 Å². The third kappa shape index (κ3) is 3.00. The van der Waals surface area contributed by atoms with Crippen molar-refractivity contribution in [3.63, 3.8) is 0 Å². The molecule has 1 aromatic rings. The molecular formula is C13H18N2O3. The van der Waals surface area contributed by atoms with Crippen molar-refractivity contribution in [3.05, 3.63) is 29.8 Å². The second kappa shape index (κ2) is 5.37. The molecule has 1 amide bonds. The van der Waals surface area contributed by atoms with Gasteiger partial charge in [0.2, 0.25) is 5.91 Å². The van der Waals surface area contributed by atoms with Crippen LogP contribution in [-0.4, -0.2) is 46.8 Å². The maximum absolute atomic E-state index is 12.1. The Morgan fingerprint density at radius 2 is 2.11 bits per heavy atom. The number of nitrogens with one attached hydrogen (secondary N) is 1. The minimum absolute atomic E-state index is 0.0142. The number of aromatic hydroxyl groups is 1. The van der Waals surface area contributed by atoms with Crippen molar-refractivity contribution in [1.29, 1.82) is 0 Å². The lowest BCUT2D eigenvalue weighted by Crippen LogP contribution is -2.41. The molecule has 2 atom stereocenters. The van der Waals surface area contributed by atoms with E-state index in [0.29, 0.717) is 19.5 Å². The SMILES string of the molecule is CN(Cc1ccc(O)cc1)C(=O)C1CC(O)CN1. The number of hydrogen-bond acceptors (Lipinski definition) is 4. The van der Waals surface area contributed by atoms with Crippen molar-refractivity contribution in [3.8, 4) is 5.75 Å². The normalized spacial score (nSPS) is 23.0. The van der Waals surface area contributed by atoms with Gasteiger partial charge in [0, 0.05) is 20.1 Å². The van der Waals surface area contributed by atoms with Crippen molar-refractivity contribution >= 4 is 5.91 Å². The summed E-state index contributed by atoms with van der Waals surface area (Å²) in [6, 6.07) is 6.49. The molecule has 0 aromatic heterocycles. The van der Waals surface area contributed by atoms with Crippen LogP contribution >= 0.6 is 0 Å². The molecule has 1 fully saturated rings. The predicted molar refractivity (Wildman–Crippen MR) is 67.0 cm³/mol. The van der Waals surface area contributed by atoms with E-state index < -0.39 is 6.10 Å². The smallest absolute Gasteiger partial charge is 0.239 e. The summed E-state index contributed by atoms with van der Waals surface area (Å²) in [5, 5.41) is 21.6. The molecule has 0 aliphatic carbocycles. The highest BCUT2D eigenvalue weighted by atomic mass is 16.3. The van der Waals surface area contributed by atoms with Crippen molar-refractivity contribution in [2.24, 2.45) is 0 Å². The fourth-order valence-corrected chi connectivity index (χ4v) is 2.12. The Morgan fingerprint density at radius 3 is 2.67 bits per heavy atom. The number of aliphatic hydroxyl groups excluding tert-OH is 1. The van der Waals surface area contributed by atoms with E-state index in [2.05, 4.69) is 5.32 Å². The number of hydrogen-bond donors (Lipinski definition) is 3. The number of phenolic OH excluding ortho intramolecular Hbond substituents is 1. The molecule has 2 rings (SSSR count). The number of aliphatic hydroxyl groups is 1. The Hall–Kier alpha value is -1.59. The monoisotopic (exact) mass is 250 g/mol. The summed E-state index contributed by atoms with van der Waals surface area (Å²) in [5.41, 5.74) is 0.960. The highest BCUT2D eigenvalue weighted by molar-refractivity contribution is 5.82. The Labute approximate surface area is 106 Å². The third-order valence-corrected chi connectivity index (χ3v) is 3.14. The summed E-state index contributed by atoms with van der Waals surface area (Å²) in [7, 11) is 1.74. The topological polar surface area (TPSA) is 72.8 Å². The number of carbonyl (C=O) groups is 1. The first-order valence-corrected chi connectivity index (χ1v) is 6.00. The van der Waals surface area contributed by atoms with Gasteiger partial charge in [-0.3, -0.25) is 4.79 Å². The number of β-amino-alcohol motifs (C(OH)–C–C–N with tert-alkyl or cyclic N) is 1. The van der Waals surface area contributed by atoms with Crippen molar-refractivity contribution in [2.75, 3.05) is 13.6 Å². The highest BCUT2D eigenvalue weighted by Crippen LogP contribution is 2.13. The summed E-state index contributed by atoms with van der Waals surface area (Å²) < 4.78 is 0. The van der Waals surface area contributed by atoms with Crippen LogP contribution in [0.15, 0.2) is 24.3 Å². The zero-order chi connectivity index (χ0) is 13.1. The number of carbonyl (C=O) groups excluding carboxylic acids is 1. The Morgan fingerprint density at radius 1 is 1.44 bits per heavy atom. The zero-order valence-corrected chi connectivity index (χ0v) is 10.3. The average Bonchev–Trinajstić information content (AvgIpc) is 2.78. The molecule has 0 spiro atoms. The van der Waals surface area contributed by atoms with E-state index in [0.717, 1.165) is 5.56 Å². The first-order valence-electron chi connectivity index (χ1n) is 6.00. The van der Waals surface area contributed by atoms with Gasteiger partial charge in [0.1, 0.15) is 5.75 Å². The van der Waals surface area contributed by atoms with Gasteiger partial charge < -0.3 is 20.4 Å². The van der Waals surface area contributed by atoms with Crippen LogP contribution in [0, 0.1) is 0 Å². The minimum atomic E-state index is -0.430. The lowest BCUT2D eigenvalue weighted by Gasteiger charge is -2.21. The molecule has 2 unspecified atom stereocenters. The largest absolute Gasteiger partial charge is 0.508 e. The fourth-order valence-electron chi connectivity index (χ4n) is 2.12. The van der Waals surface area contributed by atoms with E-state index in [4.69, 9.17) is 0 Å². The first kappa shape index (κ1) is 12.9. The molecule has 3 N–H and O–H groups in total. The lowest BCUT2D eigenvalue weighted by atomic mass is 10.1. The van der Waals surface area contributed by atoms with E-state index in [1.807, 2.05) is 0 Å². The minimum Gasteiger partial charge on any atom is -0.508 e. The molecule has 0 saturated carbocycles. The maximum Gasteiger partial charge on any atom is 0.239 e. The summed E-state index contributed by atoms with van der Waals surface area (Å²) in [6.45, 7) is 0.969. The van der Waals surface area contributed by atoms with E-state index >= 15 is 0 Å². The summed E-state index contributed by atoms with van der Waals surface area (Å²) in [6.07, 6.45) is 0.0414. The molecule has 18 heavy (non-hydrogen) atoms. The summed E-state index contributed by atoms with van der Waals surface area (Å²) in [4.78, 5) is 13.7. The van der Waals surface area contributed by atoms with Gasteiger partial charge in [0.05, 0.1) is 12.1 Å². The standard InChI is InChI=1S/C13H18N2O3/c1-15(8-9-2-4-10(16)5-3-9)13(18)12-6-11(17)7-14-12/h2-5,11-12,14,16-17H,6-8H2,1H3. The van der Waals surface area contributed by atoms with Crippen LogP contribution < -0.4 is 5.32 Å². The predicted octanol–water partition coefficient (Wildman–Crippen LogP) is 0.0734. The molecule has 1 saturated heterocycles. The van der Waals surface area contributed by atoms with Gasteiger partial charge >= 0.3 is 0 Å². The van der Waals surface area contributed by atoms with Gasteiger partial charge in [-0.05, 0) is 24.1 Å². The van der Waals surface area contributed by atoms with Gasteiger partial charge in [-0.25, -0.2) is 0 Å². The molecule has 1 aliphatic rings. The van der Waals surface area contributed by atoms with Crippen LogP contribution in [0.25, 0.3) is 0 Å². The molecule has 0 bridgehead atoms. The van der Waals surface area contributed by atoms with Gasteiger partial charge in [-0.2, -0.15) is 0 Å². The Kier molecular flexibility index (Phi) is 3.84. The molecular weight excluding hydrogens is 232 g/mol. The molecule has 1 heterocycles. The Bertz CT molecular complexity index is 419. The van der Waals surface area contributed by atoms with Gasteiger partial charge in [-0.15, -0.1) is 0 Å². The summed E-state index contributed by atoms with van der Waals surface area (Å²) in [5.74, 6) is 0.202. The van der Waals surface area contributed by atoms with Crippen molar-refractivity contribution < 1.29 is 15.0 Å². The molecule has 98 valence electrons. The molecule has 5 nitrogen and oxygen atoms in total. The van der Waals surface area contributed by atoms with Crippen molar-refractivity contribution in [2.45, 2.75) is 25.1 Å².